The van der Waals surface area contributed by atoms with Crippen molar-refractivity contribution in [3.8, 4) is 11.6 Å². The van der Waals surface area contributed by atoms with Crippen LogP contribution >= 0.6 is 0 Å². The van der Waals surface area contributed by atoms with Gasteiger partial charge in [-0.2, -0.15) is 0 Å². The highest BCUT2D eigenvalue weighted by Gasteiger charge is 2.18. The summed E-state index contributed by atoms with van der Waals surface area (Å²) in [6.07, 6.45) is 2.84. The zero-order valence-corrected chi connectivity index (χ0v) is 12.7. The molecule has 0 saturated heterocycles. The number of benzene rings is 1. The molecule has 0 aliphatic heterocycles. The number of nitrogens with zero attached hydrogens (tertiary/aromatic N) is 2. The van der Waals surface area contributed by atoms with Crippen molar-refractivity contribution in [2.75, 3.05) is 12.3 Å². The second kappa shape index (κ2) is 6.93. The summed E-state index contributed by atoms with van der Waals surface area (Å²) < 4.78 is 5.20. The predicted octanol–water partition coefficient (Wildman–Crippen LogP) is 1.78. The van der Waals surface area contributed by atoms with E-state index in [0.29, 0.717) is 11.6 Å². The molecule has 0 aliphatic carbocycles. The Balaban J connectivity index is 1.80. The van der Waals surface area contributed by atoms with E-state index in [4.69, 9.17) is 10.2 Å². The van der Waals surface area contributed by atoms with E-state index >= 15 is 0 Å². The summed E-state index contributed by atoms with van der Waals surface area (Å²) in [5.74, 6) is 0.349. The number of furan rings is 1. The lowest BCUT2D eigenvalue weighted by Gasteiger charge is -2.17. The maximum Gasteiger partial charge on any atom is 0.257 e. The van der Waals surface area contributed by atoms with E-state index in [1.54, 1.807) is 12.1 Å². The molecule has 0 radical (unpaired) electrons. The number of rotatable bonds is 5. The summed E-state index contributed by atoms with van der Waals surface area (Å²) in [5, 5.41) is 12.2. The van der Waals surface area contributed by atoms with Crippen LogP contribution in [0.4, 0.5) is 5.82 Å². The molecule has 1 amide bonds. The van der Waals surface area contributed by atoms with E-state index in [0.717, 1.165) is 5.56 Å². The molecule has 0 saturated carbocycles. The number of aromatic nitrogens is 2. The van der Waals surface area contributed by atoms with Gasteiger partial charge in [-0.25, -0.2) is 9.97 Å². The molecule has 0 bridgehead atoms. The molecule has 3 rings (SSSR count). The number of hydrogen-bond acceptors (Lipinski definition) is 6. The number of carbonyl (C=O) groups excluding carboxylic acids is 1. The Bertz CT molecular complexity index is 819. The highest BCUT2D eigenvalue weighted by molar-refractivity contribution is 5.98. The van der Waals surface area contributed by atoms with Crippen LogP contribution in [-0.4, -0.2) is 27.6 Å². The molecule has 1 aromatic carbocycles. The molecule has 4 N–H and O–H groups in total. The Morgan fingerprint density at radius 2 is 2.04 bits per heavy atom. The zero-order chi connectivity index (χ0) is 16.9. The van der Waals surface area contributed by atoms with Crippen molar-refractivity contribution in [2.45, 2.75) is 6.04 Å². The summed E-state index contributed by atoms with van der Waals surface area (Å²) in [6, 6.07) is 12.0. The molecule has 2 aromatic heterocycles. The fourth-order valence-electron chi connectivity index (χ4n) is 2.25. The van der Waals surface area contributed by atoms with Gasteiger partial charge in [0.25, 0.3) is 5.91 Å². The van der Waals surface area contributed by atoms with Crippen molar-refractivity contribution in [1.82, 2.24) is 15.3 Å². The lowest BCUT2D eigenvalue weighted by Crippen LogP contribution is -2.31. The van der Waals surface area contributed by atoms with Crippen molar-refractivity contribution < 1.29 is 14.3 Å². The quantitative estimate of drug-likeness (QED) is 0.659. The SMILES string of the molecule is Nc1nc(-c2ccco2)ncc1C(=O)NC(CO)c1ccccc1. The zero-order valence-electron chi connectivity index (χ0n) is 12.7. The molecule has 24 heavy (non-hydrogen) atoms. The predicted molar refractivity (Wildman–Crippen MR) is 87.9 cm³/mol. The molecule has 1 atom stereocenters. The van der Waals surface area contributed by atoms with Crippen molar-refractivity contribution in [3.05, 3.63) is 66.1 Å². The van der Waals surface area contributed by atoms with Gasteiger partial charge in [-0.3, -0.25) is 4.79 Å². The average Bonchev–Trinajstić information content (AvgIpc) is 3.14. The molecule has 0 aliphatic rings. The smallest absolute Gasteiger partial charge is 0.257 e. The molecular formula is C17H16N4O3. The molecule has 122 valence electrons. The van der Waals surface area contributed by atoms with Gasteiger partial charge in [0.15, 0.2) is 11.6 Å². The van der Waals surface area contributed by atoms with Gasteiger partial charge in [0.05, 0.1) is 24.5 Å². The Kier molecular flexibility index (Phi) is 4.53. The molecule has 0 fully saturated rings. The molecule has 7 nitrogen and oxygen atoms in total. The number of aliphatic hydroxyl groups is 1. The first-order valence-electron chi connectivity index (χ1n) is 7.32. The maximum atomic E-state index is 12.4. The van der Waals surface area contributed by atoms with E-state index in [1.807, 2.05) is 30.3 Å². The Hall–Kier alpha value is -3.19. The molecule has 3 aromatic rings. The summed E-state index contributed by atoms with van der Waals surface area (Å²) in [4.78, 5) is 20.6. The summed E-state index contributed by atoms with van der Waals surface area (Å²) in [5.41, 5.74) is 6.80. The number of amides is 1. The second-order valence-electron chi connectivity index (χ2n) is 5.09. The van der Waals surface area contributed by atoms with Gasteiger partial charge >= 0.3 is 0 Å². The third-order valence-corrected chi connectivity index (χ3v) is 3.49. The van der Waals surface area contributed by atoms with Crippen LogP contribution in [0, 0.1) is 0 Å². The van der Waals surface area contributed by atoms with Gasteiger partial charge < -0.3 is 20.6 Å². The van der Waals surface area contributed by atoms with Crippen LogP contribution in [0.3, 0.4) is 0 Å². The number of hydrogen-bond donors (Lipinski definition) is 3. The fraction of sp³-hybridized carbons (Fsp3) is 0.118. The van der Waals surface area contributed by atoms with Crippen LogP contribution < -0.4 is 11.1 Å². The third kappa shape index (κ3) is 3.26. The fourth-order valence-corrected chi connectivity index (χ4v) is 2.25. The minimum absolute atomic E-state index is 0.0404. The van der Waals surface area contributed by atoms with Crippen LogP contribution in [0.2, 0.25) is 0 Å². The Labute approximate surface area is 138 Å². The van der Waals surface area contributed by atoms with Crippen molar-refractivity contribution in [3.63, 3.8) is 0 Å². The Morgan fingerprint density at radius 1 is 1.25 bits per heavy atom. The van der Waals surface area contributed by atoms with Gasteiger partial charge in [-0.15, -0.1) is 0 Å². The van der Waals surface area contributed by atoms with E-state index in [2.05, 4.69) is 15.3 Å². The minimum Gasteiger partial charge on any atom is -0.461 e. The number of aliphatic hydroxyl groups excluding tert-OH is 1. The van der Waals surface area contributed by atoms with Crippen molar-refractivity contribution in [1.29, 1.82) is 0 Å². The Morgan fingerprint density at radius 3 is 2.67 bits per heavy atom. The van der Waals surface area contributed by atoms with Crippen molar-refractivity contribution >= 4 is 11.7 Å². The third-order valence-electron chi connectivity index (χ3n) is 3.49. The average molecular weight is 324 g/mol. The van der Waals surface area contributed by atoms with Crippen molar-refractivity contribution in [2.24, 2.45) is 0 Å². The second-order valence-corrected chi connectivity index (χ2v) is 5.09. The van der Waals surface area contributed by atoms with Crippen LogP contribution in [0.5, 0.6) is 0 Å². The normalized spacial score (nSPS) is 11.9. The number of nitrogens with one attached hydrogen (secondary N) is 1. The highest BCUT2D eigenvalue weighted by Crippen LogP contribution is 2.19. The molecule has 2 heterocycles. The lowest BCUT2D eigenvalue weighted by atomic mass is 10.1. The van der Waals surface area contributed by atoms with Gasteiger partial charge in [-0.1, -0.05) is 30.3 Å². The van der Waals surface area contributed by atoms with Gasteiger partial charge in [-0.05, 0) is 17.7 Å². The maximum absolute atomic E-state index is 12.4. The summed E-state index contributed by atoms with van der Waals surface area (Å²) in [6.45, 7) is -0.235. The number of anilines is 1. The molecular weight excluding hydrogens is 308 g/mol. The molecule has 1 unspecified atom stereocenters. The monoisotopic (exact) mass is 324 g/mol. The van der Waals surface area contributed by atoms with Gasteiger partial charge in [0.1, 0.15) is 5.82 Å². The number of nitrogens with two attached hydrogens (primary N) is 1. The van der Waals surface area contributed by atoms with Crippen LogP contribution in [0.25, 0.3) is 11.6 Å². The number of carbonyl (C=O) groups is 1. The van der Waals surface area contributed by atoms with Crippen LogP contribution in [0.1, 0.15) is 22.0 Å². The van der Waals surface area contributed by atoms with E-state index < -0.39 is 11.9 Å². The molecule has 7 heteroatoms. The highest BCUT2D eigenvalue weighted by atomic mass is 16.3. The topological polar surface area (TPSA) is 114 Å². The largest absolute Gasteiger partial charge is 0.461 e. The summed E-state index contributed by atoms with van der Waals surface area (Å²) >= 11 is 0. The van der Waals surface area contributed by atoms with Gasteiger partial charge in [0, 0.05) is 6.20 Å². The van der Waals surface area contributed by atoms with Crippen LogP contribution in [-0.2, 0) is 0 Å². The lowest BCUT2D eigenvalue weighted by molar-refractivity contribution is 0.0916. The van der Waals surface area contributed by atoms with E-state index in [-0.39, 0.29) is 18.0 Å². The van der Waals surface area contributed by atoms with Crippen LogP contribution in [0.15, 0.2) is 59.3 Å². The first-order chi connectivity index (χ1) is 11.7. The minimum atomic E-state index is -0.539. The standard InChI is InChI=1S/C17H16N4O3/c18-15-12(9-19-16(21-15)14-7-4-8-24-14)17(23)20-13(10-22)11-5-2-1-3-6-11/h1-9,13,22H,10H2,(H,20,23)(H2,18,19,21). The molecule has 0 spiro atoms. The van der Waals surface area contributed by atoms with Gasteiger partial charge in [0.2, 0.25) is 0 Å². The van der Waals surface area contributed by atoms with E-state index in [9.17, 15) is 9.90 Å². The first-order valence-corrected chi connectivity index (χ1v) is 7.32. The number of nitrogen functional groups attached to an aromatic ring is 1. The first kappa shape index (κ1) is 15.7. The van der Waals surface area contributed by atoms with E-state index in [1.165, 1.54) is 12.5 Å². The summed E-state index contributed by atoms with van der Waals surface area (Å²) in [7, 11) is 0.